The van der Waals surface area contributed by atoms with E-state index in [2.05, 4.69) is 5.73 Å². The molecule has 12 heavy (non-hydrogen) atoms. The Morgan fingerprint density at radius 1 is 1.08 bits per heavy atom. The average Bonchev–Trinajstić information content (AvgIpc) is 1.83. The van der Waals surface area contributed by atoms with Gasteiger partial charge in [0.15, 0.2) is 0 Å². The molecule has 0 fully saturated rings. The van der Waals surface area contributed by atoms with Crippen molar-refractivity contribution >= 4 is 6.03 Å². The molecular weight excluding hydrogens is 184 g/mol. The number of hydrogen-bond acceptors (Lipinski definition) is 3. The average molecular weight is 190 g/mol. The zero-order chi connectivity index (χ0) is 9.72. The maximum atomic E-state index is 11.4. The summed E-state index contributed by atoms with van der Waals surface area (Å²) in [6.45, 7) is -2.53. The van der Waals surface area contributed by atoms with E-state index in [1.807, 2.05) is 0 Å². The molecule has 5 nitrogen and oxygen atoms in total. The summed E-state index contributed by atoms with van der Waals surface area (Å²) in [6.07, 6.45) is 0. The van der Waals surface area contributed by atoms with Crippen LogP contribution in [0.5, 0.6) is 0 Å². The van der Waals surface area contributed by atoms with Crippen LogP contribution in [0.4, 0.5) is 22.7 Å². The van der Waals surface area contributed by atoms with Crippen molar-refractivity contribution in [3.8, 4) is 0 Å². The summed E-state index contributed by atoms with van der Waals surface area (Å²) in [5, 5.41) is -2.87. The lowest BCUT2D eigenvalue weighted by Gasteiger charge is -2.18. The minimum Gasteiger partial charge on any atom is -0.351 e. The lowest BCUT2D eigenvalue weighted by molar-refractivity contribution is -0.212. The van der Waals surface area contributed by atoms with Crippen LogP contribution in [0.25, 0.3) is 0 Å². The molecule has 0 unspecified atom stereocenters. The quantitative estimate of drug-likeness (QED) is 0.397. The molecule has 0 aliphatic carbocycles. The maximum Gasteiger partial charge on any atom is 0.317 e. The Morgan fingerprint density at radius 3 is 1.58 bits per heavy atom. The molecule has 0 radical (unpaired) electrons. The van der Waals surface area contributed by atoms with Gasteiger partial charge >= 0.3 is 6.03 Å². The summed E-state index contributed by atoms with van der Waals surface area (Å²) in [6, 6.07) is -1.35. The van der Waals surface area contributed by atoms with Gasteiger partial charge in [0.25, 0.3) is 0 Å². The number of rotatable bonds is 4. The first-order valence-corrected chi connectivity index (χ1v) is 2.66. The van der Waals surface area contributed by atoms with Gasteiger partial charge in [0, 0.05) is 10.7 Å². The minimum absolute atomic E-state index is 0.0556. The second kappa shape index (κ2) is 4.72. The Hall–Kier alpha value is -1.09. The van der Waals surface area contributed by atoms with E-state index in [4.69, 9.17) is 0 Å². The fraction of sp³-hybridized carbons (Fsp3) is 0.667. The molecule has 0 aromatic rings. The van der Waals surface area contributed by atoms with Gasteiger partial charge in [0.1, 0.15) is 13.3 Å². The first-order chi connectivity index (χ1) is 5.43. The Bertz CT molecular complexity index is 143. The van der Waals surface area contributed by atoms with Crippen LogP contribution in [-0.2, 0) is 0 Å². The largest absolute Gasteiger partial charge is 0.351 e. The van der Waals surface area contributed by atoms with Crippen molar-refractivity contribution in [1.29, 1.82) is 0 Å². The highest BCUT2D eigenvalue weighted by molar-refractivity contribution is 5.71. The molecule has 0 heterocycles. The van der Waals surface area contributed by atoms with E-state index in [-0.39, 0.29) is 4.90 Å². The predicted molar refractivity (Wildman–Crippen MR) is 29.3 cm³/mol. The molecular formula is C3H6F4N4O. The van der Waals surface area contributed by atoms with E-state index in [9.17, 15) is 22.7 Å². The van der Waals surface area contributed by atoms with Crippen molar-refractivity contribution in [2.75, 3.05) is 13.3 Å². The lowest BCUT2D eigenvalue weighted by atomic mass is 10.7. The van der Waals surface area contributed by atoms with Crippen LogP contribution in [0, 0.1) is 0 Å². The van der Waals surface area contributed by atoms with E-state index in [1.54, 1.807) is 0 Å². The predicted octanol–water partition coefficient (Wildman–Crippen LogP) is 0.424. The molecule has 0 aromatic carbocycles. The lowest BCUT2D eigenvalue weighted by Crippen LogP contribution is -2.43. The molecule has 0 aromatic heterocycles. The normalized spacial score (nSPS) is 10.8. The van der Waals surface area contributed by atoms with Gasteiger partial charge < -0.3 is 5.73 Å². The fourth-order valence-corrected chi connectivity index (χ4v) is 0.442. The number of primary amides is 1. The van der Waals surface area contributed by atoms with Crippen LogP contribution in [0.1, 0.15) is 0 Å². The van der Waals surface area contributed by atoms with Gasteiger partial charge in [-0.2, -0.15) is 0 Å². The van der Waals surface area contributed by atoms with Crippen LogP contribution in [0.3, 0.4) is 0 Å². The number of halogens is 4. The van der Waals surface area contributed by atoms with Gasteiger partial charge in [0.05, 0.1) is 0 Å². The highest BCUT2D eigenvalue weighted by Crippen LogP contribution is 1.99. The molecule has 0 bridgehead atoms. The van der Waals surface area contributed by atoms with Crippen molar-refractivity contribution < 1.29 is 22.7 Å². The Balaban J connectivity index is 3.96. The number of nitrogens with two attached hydrogens (primary N) is 1. The van der Waals surface area contributed by atoms with Crippen LogP contribution in [0.2, 0.25) is 0 Å². The Kier molecular flexibility index (Phi) is 4.29. The molecule has 0 rings (SSSR count). The maximum absolute atomic E-state index is 11.4. The van der Waals surface area contributed by atoms with Gasteiger partial charge in [-0.3, -0.25) is 4.90 Å². The monoisotopic (exact) mass is 190 g/mol. The highest BCUT2D eigenvalue weighted by atomic mass is 19.4. The molecule has 0 saturated carbocycles. The molecule has 2 N–H and O–H groups in total. The third-order valence-corrected chi connectivity index (χ3v) is 0.867. The molecule has 0 aliphatic heterocycles. The van der Waals surface area contributed by atoms with E-state index < -0.39 is 30.1 Å². The van der Waals surface area contributed by atoms with Crippen molar-refractivity contribution in [2.24, 2.45) is 5.73 Å². The van der Waals surface area contributed by atoms with Gasteiger partial charge in [-0.05, 0) is 0 Å². The SMILES string of the molecule is NC(=O)N(CN(F)F)CN(F)F. The van der Waals surface area contributed by atoms with Crippen molar-refractivity contribution in [3.63, 3.8) is 0 Å². The van der Waals surface area contributed by atoms with Gasteiger partial charge in [0.2, 0.25) is 0 Å². The molecule has 0 spiro atoms. The molecule has 0 atom stereocenters. The van der Waals surface area contributed by atoms with Crippen molar-refractivity contribution in [3.05, 3.63) is 0 Å². The zero-order valence-electron chi connectivity index (χ0n) is 5.75. The van der Waals surface area contributed by atoms with Gasteiger partial charge in [-0.25, -0.2) is 4.79 Å². The molecule has 72 valence electrons. The second-order valence-electron chi connectivity index (χ2n) is 1.77. The van der Waals surface area contributed by atoms with E-state index in [1.165, 1.54) is 0 Å². The molecule has 2 amide bonds. The Labute approximate surface area is 64.7 Å². The van der Waals surface area contributed by atoms with Crippen LogP contribution in [-0.4, -0.2) is 35.0 Å². The first-order valence-electron chi connectivity index (χ1n) is 2.66. The zero-order valence-corrected chi connectivity index (χ0v) is 5.75. The van der Waals surface area contributed by atoms with Crippen LogP contribution < -0.4 is 5.73 Å². The summed E-state index contributed by atoms with van der Waals surface area (Å²) >= 11 is 0. The highest BCUT2D eigenvalue weighted by Gasteiger charge is 2.17. The van der Waals surface area contributed by atoms with Gasteiger partial charge in [-0.15, -0.1) is 0 Å². The number of nitrogens with zero attached hydrogens (tertiary/aromatic N) is 3. The summed E-state index contributed by atoms with van der Waals surface area (Å²) < 4.78 is 45.7. The first kappa shape index (κ1) is 10.9. The van der Waals surface area contributed by atoms with Crippen molar-refractivity contribution in [1.82, 2.24) is 15.6 Å². The van der Waals surface area contributed by atoms with E-state index >= 15 is 0 Å². The Morgan fingerprint density at radius 2 is 1.42 bits per heavy atom. The number of carbonyl (C=O) groups excluding carboxylic acids is 1. The summed E-state index contributed by atoms with van der Waals surface area (Å²) in [5.41, 5.74) is 4.50. The molecule has 0 aliphatic rings. The van der Waals surface area contributed by atoms with Crippen LogP contribution >= 0.6 is 0 Å². The molecule has 0 saturated heterocycles. The van der Waals surface area contributed by atoms with Crippen LogP contribution in [0.15, 0.2) is 0 Å². The molecule has 9 heteroatoms. The number of hydrogen-bond donors (Lipinski definition) is 1. The number of carbonyl (C=O) groups is 1. The summed E-state index contributed by atoms with van der Waals surface area (Å²) in [7, 11) is 0. The van der Waals surface area contributed by atoms with E-state index in [0.29, 0.717) is 0 Å². The minimum atomic E-state index is -1.44. The second-order valence-corrected chi connectivity index (χ2v) is 1.77. The smallest absolute Gasteiger partial charge is 0.317 e. The number of amides is 2. The summed E-state index contributed by atoms with van der Waals surface area (Å²) in [5.74, 6) is 0. The van der Waals surface area contributed by atoms with Crippen molar-refractivity contribution in [2.45, 2.75) is 0 Å². The third kappa shape index (κ3) is 4.68. The fourth-order valence-electron chi connectivity index (χ4n) is 0.442. The third-order valence-electron chi connectivity index (χ3n) is 0.867. The summed E-state index contributed by atoms with van der Waals surface area (Å²) in [4.78, 5) is 10.3. The topological polar surface area (TPSA) is 52.8 Å². The standard InChI is InChI=1S/C3H6F4N4O/c4-10(5)1-9(3(8)12)2-11(6)7/h1-2H2,(H2,8,12). The number of urea groups is 1. The van der Waals surface area contributed by atoms with Gasteiger partial charge in [-0.1, -0.05) is 17.9 Å². The van der Waals surface area contributed by atoms with E-state index in [0.717, 1.165) is 0 Å².